The molecular weight excluding hydrogens is 486 g/mol. The zero-order chi connectivity index (χ0) is 25.0. The first-order valence-electron chi connectivity index (χ1n) is 11.5. The number of nitrogens with one attached hydrogen (secondary N) is 1. The minimum absolute atomic E-state index is 0.0863. The number of aromatic nitrogens is 1. The minimum atomic E-state index is -3.54. The van der Waals surface area contributed by atoms with Crippen LogP contribution in [-0.4, -0.2) is 56.3 Å². The van der Waals surface area contributed by atoms with Gasteiger partial charge < -0.3 is 9.73 Å². The lowest BCUT2D eigenvalue weighted by atomic mass is 10.0. The van der Waals surface area contributed by atoms with Crippen LogP contribution in [0, 0.1) is 11.3 Å². The van der Waals surface area contributed by atoms with E-state index in [0.717, 1.165) is 35.8 Å². The molecule has 4 rings (SSSR count). The van der Waals surface area contributed by atoms with Crippen molar-refractivity contribution in [3.8, 4) is 17.5 Å². The maximum atomic E-state index is 12.3. The van der Waals surface area contributed by atoms with Crippen LogP contribution in [0.25, 0.3) is 11.5 Å². The second kappa shape index (κ2) is 10.8. The van der Waals surface area contributed by atoms with Crippen molar-refractivity contribution in [2.24, 2.45) is 0 Å². The predicted molar refractivity (Wildman–Crippen MR) is 136 cm³/mol. The van der Waals surface area contributed by atoms with Gasteiger partial charge in [0, 0.05) is 31.2 Å². The summed E-state index contributed by atoms with van der Waals surface area (Å²) in [5, 5.41) is 13.6. The van der Waals surface area contributed by atoms with E-state index in [9.17, 15) is 13.7 Å². The van der Waals surface area contributed by atoms with Gasteiger partial charge in [0.2, 0.25) is 27.5 Å². The lowest BCUT2D eigenvalue weighted by Gasteiger charge is -2.35. The third kappa shape index (κ3) is 5.68. The molecule has 2 heterocycles. The highest BCUT2D eigenvalue weighted by Gasteiger charge is 2.24. The molecule has 3 aromatic rings. The van der Waals surface area contributed by atoms with Crippen LogP contribution in [0.4, 0.5) is 5.88 Å². The fourth-order valence-corrected chi connectivity index (χ4v) is 5.21. The zero-order valence-corrected chi connectivity index (χ0v) is 21.3. The van der Waals surface area contributed by atoms with Crippen molar-refractivity contribution in [2.75, 3.05) is 39.0 Å². The lowest BCUT2D eigenvalue weighted by Crippen LogP contribution is -2.37. The van der Waals surface area contributed by atoms with Crippen molar-refractivity contribution in [1.82, 2.24) is 14.2 Å². The Morgan fingerprint density at radius 3 is 2.37 bits per heavy atom. The summed E-state index contributed by atoms with van der Waals surface area (Å²) in [6, 6.07) is 16.3. The van der Waals surface area contributed by atoms with E-state index in [1.165, 1.54) is 32.6 Å². The van der Waals surface area contributed by atoms with Crippen LogP contribution in [0.3, 0.4) is 0 Å². The molecule has 0 aliphatic carbocycles. The number of sulfonamides is 1. The Morgan fingerprint density at radius 2 is 1.77 bits per heavy atom. The van der Waals surface area contributed by atoms with Crippen LogP contribution >= 0.6 is 11.6 Å². The third-order valence-electron chi connectivity index (χ3n) is 6.16. The van der Waals surface area contributed by atoms with Crippen molar-refractivity contribution < 1.29 is 12.8 Å². The van der Waals surface area contributed by atoms with E-state index in [2.05, 4.69) is 21.3 Å². The number of anilines is 1. The Balaban J connectivity index is 1.55. The molecule has 10 heteroatoms. The van der Waals surface area contributed by atoms with E-state index < -0.39 is 10.0 Å². The number of rotatable bonds is 8. The van der Waals surface area contributed by atoms with Crippen LogP contribution in [0.1, 0.15) is 36.6 Å². The molecule has 1 N–H and O–H groups in total. The summed E-state index contributed by atoms with van der Waals surface area (Å²) in [6.07, 6.45) is 3.54. The van der Waals surface area contributed by atoms with Crippen LogP contribution in [-0.2, 0) is 10.0 Å². The molecule has 1 aliphatic rings. The van der Waals surface area contributed by atoms with Crippen molar-refractivity contribution in [1.29, 1.82) is 5.26 Å². The van der Waals surface area contributed by atoms with Gasteiger partial charge >= 0.3 is 0 Å². The van der Waals surface area contributed by atoms with Gasteiger partial charge in [-0.05, 0) is 67.9 Å². The maximum absolute atomic E-state index is 12.3. The number of nitriles is 1. The predicted octanol–water partition coefficient (Wildman–Crippen LogP) is 4.76. The SMILES string of the molecule is CN(C)S(=O)(=O)c1ccc(-c2nc(C#N)c(NCC(c3ccc(Cl)cc3)N3CCCCC3)o2)cc1. The Hall–Kier alpha value is -2.90. The number of piperidine rings is 1. The summed E-state index contributed by atoms with van der Waals surface area (Å²) in [6.45, 7) is 2.54. The van der Waals surface area contributed by atoms with Crippen LogP contribution in [0.5, 0.6) is 0 Å². The largest absolute Gasteiger partial charge is 0.419 e. The van der Waals surface area contributed by atoms with Crippen LogP contribution in [0.2, 0.25) is 5.02 Å². The topological polar surface area (TPSA) is 102 Å². The highest BCUT2D eigenvalue weighted by molar-refractivity contribution is 7.89. The first kappa shape index (κ1) is 25.2. The Kier molecular flexibility index (Phi) is 7.77. The first-order valence-corrected chi connectivity index (χ1v) is 13.3. The number of nitrogens with zero attached hydrogens (tertiary/aromatic N) is 4. The first-order chi connectivity index (χ1) is 16.8. The van der Waals surface area contributed by atoms with E-state index in [-0.39, 0.29) is 22.5 Å². The number of hydrogen-bond donors (Lipinski definition) is 1. The van der Waals surface area contributed by atoms with Gasteiger partial charge in [0.25, 0.3) is 0 Å². The Morgan fingerprint density at radius 1 is 1.11 bits per heavy atom. The molecule has 0 spiro atoms. The molecule has 2 aromatic carbocycles. The third-order valence-corrected chi connectivity index (χ3v) is 8.24. The van der Waals surface area contributed by atoms with E-state index in [1.807, 2.05) is 24.3 Å². The summed E-state index contributed by atoms with van der Waals surface area (Å²) in [7, 11) is -0.573. The molecule has 35 heavy (non-hydrogen) atoms. The van der Waals surface area contributed by atoms with Gasteiger partial charge in [0.05, 0.1) is 10.9 Å². The molecule has 1 aliphatic heterocycles. The van der Waals surface area contributed by atoms with Gasteiger partial charge in [0.15, 0.2) is 0 Å². The Bertz CT molecular complexity index is 1290. The van der Waals surface area contributed by atoms with Crippen molar-refractivity contribution >= 4 is 27.5 Å². The molecule has 1 atom stereocenters. The van der Waals surface area contributed by atoms with Crippen LogP contribution < -0.4 is 5.32 Å². The molecular formula is C25H28ClN5O3S. The minimum Gasteiger partial charge on any atom is -0.419 e. The van der Waals surface area contributed by atoms with Crippen LogP contribution in [0.15, 0.2) is 57.8 Å². The smallest absolute Gasteiger partial charge is 0.242 e. The van der Waals surface area contributed by atoms with Crippen molar-refractivity contribution in [3.05, 3.63) is 64.8 Å². The molecule has 1 unspecified atom stereocenters. The highest BCUT2D eigenvalue weighted by Crippen LogP contribution is 2.30. The molecule has 1 fully saturated rings. The quantitative estimate of drug-likeness (QED) is 0.463. The van der Waals surface area contributed by atoms with Gasteiger partial charge in [-0.3, -0.25) is 4.90 Å². The summed E-state index contributed by atoms with van der Waals surface area (Å²) in [5.41, 5.74) is 1.87. The van der Waals surface area contributed by atoms with Gasteiger partial charge in [-0.2, -0.15) is 10.2 Å². The molecule has 1 saturated heterocycles. The monoisotopic (exact) mass is 513 g/mol. The molecule has 0 bridgehead atoms. The molecule has 8 nitrogen and oxygen atoms in total. The second-order valence-electron chi connectivity index (χ2n) is 8.67. The molecule has 184 valence electrons. The Labute approximate surface area is 211 Å². The number of benzene rings is 2. The van der Waals surface area contributed by atoms with Gasteiger partial charge in [-0.1, -0.05) is 30.2 Å². The fourth-order valence-electron chi connectivity index (χ4n) is 4.18. The number of likely N-dealkylation sites (tertiary alicyclic amines) is 1. The number of halogens is 1. The van der Waals surface area contributed by atoms with Crippen molar-refractivity contribution in [2.45, 2.75) is 30.2 Å². The standard InChI is InChI=1S/C25H28ClN5O3S/c1-30(2)35(32,33)21-12-8-19(9-13-21)24-29-22(16-27)25(34-24)28-17-23(31-14-4-3-5-15-31)18-6-10-20(26)11-7-18/h6-13,23,28H,3-5,14-15,17H2,1-2H3. The average Bonchev–Trinajstić information content (AvgIpc) is 3.29. The van der Waals surface area contributed by atoms with E-state index >= 15 is 0 Å². The molecule has 0 radical (unpaired) electrons. The summed E-state index contributed by atoms with van der Waals surface area (Å²) >= 11 is 6.10. The second-order valence-corrected chi connectivity index (χ2v) is 11.3. The van der Waals surface area contributed by atoms with Gasteiger partial charge in [0.1, 0.15) is 6.07 Å². The van der Waals surface area contributed by atoms with E-state index in [0.29, 0.717) is 23.0 Å². The molecule has 1 aromatic heterocycles. The van der Waals surface area contributed by atoms with Crippen molar-refractivity contribution in [3.63, 3.8) is 0 Å². The summed E-state index contributed by atoms with van der Waals surface area (Å²) in [4.78, 5) is 6.93. The van der Waals surface area contributed by atoms with Gasteiger partial charge in [-0.15, -0.1) is 0 Å². The molecule has 0 saturated carbocycles. The average molecular weight is 514 g/mol. The highest BCUT2D eigenvalue weighted by atomic mass is 35.5. The van der Waals surface area contributed by atoms with E-state index in [4.69, 9.17) is 16.0 Å². The zero-order valence-electron chi connectivity index (χ0n) is 19.7. The number of hydrogen-bond acceptors (Lipinski definition) is 7. The van der Waals surface area contributed by atoms with E-state index in [1.54, 1.807) is 12.1 Å². The molecule has 0 amide bonds. The van der Waals surface area contributed by atoms with Gasteiger partial charge in [-0.25, -0.2) is 12.7 Å². The fraction of sp³-hybridized carbons (Fsp3) is 0.360. The lowest BCUT2D eigenvalue weighted by molar-refractivity contribution is 0.170. The summed E-state index contributed by atoms with van der Waals surface area (Å²) < 4.78 is 31.7. The normalized spacial score (nSPS) is 15.6. The summed E-state index contributed by atoms with van der Waals surface area (Å²) in [5.74, 6) is 0.544. The maximum Gasteiger partial charge on any atom is 0.242 e. The number of oxazole rings is 1.